The average Bonchev–Trinajstić information content (AvgIpc) is 2.59. The van der Waals surface area contributed by atoms with Crippen molar-refractivity contribution in [3.63, 3.8) is 0 Å². The molecule has 0 radical (unpaired) electrons. The van der Waals surface area contributed by atoms with E-state index >= 15 is 0 Å². The standard InChI is InChI=1S/C17H31N3O2/c1-13(18-2)16(21)19-15(14-9-5-3-6-10-14)17(22)20-11-7-4-8-12-20/h13-15,18H,3-12H2,1-2H3,(H,19,21)/t13-,15-/m0/s1. The zero-order valence-electron chi connectivity index (χ0n) is 14.1. The molecule has 2 fully saturated rings. The van der Waals surface area contributed by atoms with Crippen LogP contribution in [0.4, 0.5) is 0 Å². The molecule has 1 saturated carbocycles. The van der Waals surface area contributed by atoms with E-state index in [0.717, 1.165) is 38.8 Å². The van der Waals surface area contributed by atoms with Gasteiger partial charge in [0.1, 0.15) is 6.04 Å². The molecule has 2 aliphatic rings. The molecule has 0 aromatic rings. The van der Waals surface area contributed by atoms with E-state index in [0.29, 0.717) is 5.92 Å². The molecule has 0 unspecified atom stereocenters. The van der Waals surface area contributed by atoms with Crippen LogP contribution in [0, 0.1) is 5.92 Å². The number of rotatable bonds is 5. The first kappa shape index (κ1) is 17.3. The van der Waals surface area contributed by atoms with E-state index in [4.69, 9.17) is 0 Å². The highest BCUT2D eigenvalue weighted by Gasteiger charge is 2.34. The molecule has 22 heavy (non-hydrogen) atoms. The van der Waals surface area contributed by atoms with Crippen molar-refractivity contribution < 1.29 is 9.59 Å². The van der Waals surface area contributed by atoms with E-state index in [1.807, 2.05) is 11.8 Å². The Hall–Kier alpha value is -1.10. The molecule has 1 heterocycles. The third-order valence-corrected chi connectivity index (χ3v) is 5.18. The summed E-state index contributed by atoms with van der Waals surface area (Å²) in [6.07, 6.45) is 9.09. The van der Waals surface area contributed by atoms with Gasteiger partial charge >= 0.3 is 0 Å². The van der Waals surface area contributed by atoms with Crippen molar-refractivity contribution in [3.05, 3.63) is 0 Å². The van der Waals surface area contributed by atoms with E-state index in [-0.39, 0.29) is 23.9 Å². The molecule has 2 rings (SSSR count). The van der Waals surface area contributed by atoms with E-state index in [9.17, 15) is 9.59 Å². The van der Waals surface area contributed by atoms with Gasteiger partial charge in [-0.2, -0.15) is 0 Å². The van der Waals surface area contributed by atoms with Crippen LogP contribution < -0.4 is 10.6 Å². The first-order valence-corrected chi connectivity index (χ1v) is 8.90. The highest BCUT2D eigenvalue weighted by Crippen LogP contribution is 2.28. The van der Waals surface area contributed by atoms with Crippen molar-refractivity contribution >= 4 is 11.8 Å². The summed E-state index contributed by atoms with van der Waals surface area (Å²) in [4.78, 5) is 27.2. The van der Waals surface area contributed by atoms with Gasteiger partial charge in [-0.3, -0.25) is 9.59 Å². The van der Waals surface area contributed by atoms with Crippen LogP contribution in [-0.2, 0) is 9.59 Å². The third-order valence-electron chi connectivity index (χ3n) is 5.18. The van der Waals surface area contributed by atoms with Crippen molar-refractivity contribution in [2.75, 3.05) is 20.1 Å². The second-order valence-corrected chi connectivity index (χ2v) is 6.78. The smallest absolute Gasteiger partial charge is 0.245 e. The monoisotopic (exact) mass is 309 g/mol. The summed E-state index contributed by atoms with van der Waals surface area (Å²) in [5.74, 6) is 0.378. The zero-order chi connectivity index (χ0) is 15.9. The van der Waals surface area contributed by atoms with Crippen LogP contribution in [0.15, 0.2) is 0 Å². The van der Waals surface area contributed by atoms with E-state index in [2.05, 4.69) is 10.6 Å². The largest absolute Gasteiger partial charge is 0.343 e. The molecule has 1 aliphatic carbocycles. The minimum Gasteiger partial charge on any atom is -0.343 e. The molecular weight excluding hydrogens is 278 g/mol. The molecule has 0 aromatic carbocycles. The Morgan fingerprint density at radius 2 is 1.59 bits per heavy atom. The fraction of sp³-hybridized carbons (Fsp3) is 0.882. The summed E-state index contributed by atoms with van der Waals surface area (Å²) in [5.41, 5.74) is 0. The van der Waals surface area contributed by atoms with Crippen molar-refractivity contribution in [2.24, 2.45) is 5.92 Å². The fourth-order valence-corrected chi connectivity index (χ4v) is 3.57. The molecule has 2 atom stereocenters. The Morgan fingerprint density at radius 1 is 1.00 bits per heavy atom. The normalized spacial score (nSPS) is 22.9. The minimum absolute atomic E-state index is 0.0663. The van der Waals surface area contributed by atoms with Crippen LogP contribution in [0.2, 0.25) is 0 Å². The zero-order valence-corrected chi connectivity index (χ0v) is 14.1. The Kier molecular flexibility index (Phi) is 6.68. The van der Waals surface area contributed by atoms with E-state index in [1.165, 1.54) is 25.7 Å². The molecule has 5 heteroatoms. The van der Waals surface area contributed by atoms with Crippen molar-refractivity contribution in [1.82, 2.24) is 15.5 Å². The van der Waals surface area contributed by atoms with Crippen LogP contribution in [0.25, 0.3) is 0 Å². The van der Waals surface area contributed by atoms with E-state index in [1.54, 1.807) is 7.05 Å². The maximum Gasteiger partial charge on any atom is 0.245 e. The molecule has 5 nitrogen and oxygen atoms in total. The van der Waals surface area contributed by atoms with Crippen LogP contribution in [0.5, 0.6) is 0 Å². The minimum atomic E-state index is -0.332. The maximum atomic E-state index is 12.9. The number of nitrogens with zero attached hydrogens (tertiary/aromatic N) is 1. The SMILES string of the molecule is CN[C@@H](C)C(=O)N[C@H](C(=O)N1CCCCC1)C1CCCCC1. The summed E-state index contributed by atoms with van der Waals surface area (Å²) >= 11 is 0. The van der Waals surface area contributed by atoms with Gasteiger partial charge in [0.05, 0.1) is 6.04 Å². The second kappa shape index (κ2) is 8.51. The maximum absolute atomic E-state index is 12.9. The number of hydrogen-bond donors (Lipinski definition) is 2. The van der Waals surface area contributed by atoms with Crippen LogP contribution in [0.3, 0.4) is 0 Å². The number of piperidine rings is 1. The predicted molar refractivity (Wildman–Crippen MR) is 87.5 cm³/mol. The van der Waals surface area contributed by atoms with Gasteiger partial charge < -0.3 is 15.5 Å². The Bertz CT molecular complexity index is 374. The summed E-state index contributed by atoms with van der Waals surface area (Å²) in [6.45, 7) is 3.53. The first-order valence-electron chi connectivity index (χ1n) is 8.90. The number of carbonyl (C=O) groups is 2. The number of amides is 2. The van der Waals surface area contributed by atoms with Gasteiger partial charge in [0.2, 0.25) is 11.8 Å². The average molecular weight is 309 g/mol. The molecule has 1 saturated heterocycles. The Morgan fingerprint density at radius 3 is 2.18 bits per heavy atom. The number of likely N-dealkylation sites (tertiary alicyclic amines) is 1. The van der Waals surface area contributed by atoms with Crippen molar-refractivity contribution in [3.8, 4) is 0 Å². The second-order valence-electron chi connectivity index (χ2n) is 6.78. The molecule has 0 bridgehead atoms. The molecule has 0 spiro atoms. The summed E-state index contributed by atoms with van der Waals surface area (Å²) in [6, 6.07) is -0.595. The molecule has 2 N–H and O–H groups in total. The first-order chi connectivity index (χ1) is 10.6. The van der Waals surface area contributed by atoms with Crippen molar-refractivity contribution in [2.45, 2.75) is 70.4 Å². The number of likely N-dealkylation sites (N-methyl/N-ethyl adjacent to an activating group) is 1. The lowest BCUT2D eigenvalue weighted by Gasteiger charge is -2.36. The van der Waals surface area contributed by atoms with Gasteiger partial charge in [0.25, 0.3) is 0 Å². The van der Waals surface area contributed by atoms with Gasteiger partial charge in [-0.1, -0.05) is 19.3 Å². The molecular formula is C17H31N3O2. The predicted octanol–water partition coefficient (Wildman–Crippen LogP) is 1.67. The van der Waals surface area contributed by atoms with Gasteiger partial charge in [0.15, 0.2) is 0 Å². The number of nitrogens with one attached hydrogen (secondary N) is 2. The van der Waals surface area contributed by atoms with Crippen LogP contribution in [0.1, 0.15) is 58.3 Å². The van der Waals surface area contributed by atoms with Crippen LogP contribution in [-0.4, -0.2) is 48.9 Å². The van der Waals surface area contributed by atoms with Gasteiger partial charge in [-0.25, -0.2) is 0 Å². The van der Waals surface area contributed by atoms with E-state index < -0.39 is 0 Å². The lowest BCUT2D eigenvalue weighted by Crippen LogP contribution is -2.56. The molecule has 1 aliphatic heterocycles. The molecule has 2 amide bonds. The lowest BCUT2D eigenvalue weighted by atomic mass is 9.83. The molecule has 126 valence electrons. The Balaban J connectivity index is 2.05. The topological polar surface area (TPSA) is 61.4 Å². The summed E-state index contributed by atoms with van der Waals surface area (Å²) < 4.78 is 0. The van der Waals surface area contributed by atoms with Crippen LogP contribution >= 0.6 is 0 Å². The van der Waals surface area contributed by atoms with Crippen molar-refractivity contribution in [1.29, 1.82) is 0 Å². The quantitative estimate of drug-likeness (QED) is 0.812. The lowest BCUT2D eigenvalue weighted by molar-refractivity contribution is -0.139. The van der Waals surface area contributed by atoms with Gasteiger partial charge in [-0.05, 0) is 52.0 Å². The summed E-state index contributed by atoms with van der Waals surface area (Å²) in [5, 5.41) is 6.00. The van der Waals surface area contributed by atoms with Gasteiger partial charge in [-0.15, -0.1) is 0 Å². The number of hydrogen-bond acceptors (Lipinski definition) is 3. The third kappa shape index (κ3) is 4.45. The highest BCUT2D eigenvalue weighted by molar-refractivity contribution is 5.89. The van der Waals surface area contributed by atoms with Gasteiger partial charge in [0, 0.05) is 13.1 Å². The molecule has 0 aromatic heterocycles. The highest BCUT2D eigenvalue weighted by atomic mass is 16.2. The Labute approximate surface area is 134 Å². The number of carbonyl (C=O) groups excluding carboxylic acids is 2. The fourth-order valence-electron chi connectivity index (χ4n) is 3.57. The summed E-state index contributed by atoms with van der Waals surface area (Å²) in [7, 11) is 1.77.